The summed E-state index contributed by atoms with van der Waals surface area (Å²) in [5, 5.41) is 0.535. The number of nitrogens with one attached hydrogen (secondary N) is 1. The van der Waals surface area contributed by atoms with E-state index in [1.807, 2.05) is 13.0 Å². The predicted octanol–water partition coefficient (Wildman–Crippen LogP) is 1.78. The summed E-state index contributed by atoms with van der Waals surface area (Å²) < 4.78 is 2.03. The van der Waals surface area contributed by atoms with Crippen molar-refractivity contribution in [3.05, 3.63) is 43.0 Å². The molecule has 0 aliphatic rings. The van der Waals surface area contributed by atoms with Crippen molar-refractivity contribution < 1.29 is 0 Å². The summed E-state index contributed by atoms with van der Waals surface area (Å²) in [4.78, 5) is 26.4. The number of fused-ring (bicyclic) bond motifs is 1. The number of aromatic nitrogens is 2. The zero-order valence-corrected chi connectivity index (χ0v) is 10.6. The largest absolute Gasteiger partial charge is 0.328 e. The molecule has 84 valence electrons. The molecule has 1 aromatic heterocycles. The first kappa shape index (κ1) is 11.1. The van der Waals surface area contributed by atoms with Crippen LogP contribution in [0.15, 0.2) is 26.2 Å². The molecule has 0 atom stereocenters. The van der Waals surface area contributed by atoms with Crippen LogP contribution in [-0.2, 0) is 6.54 Å². The number of nitrogens with zero attached hydrogens (tertiary/aromatic N) is 1. The van der Waals surface area contributed by atoms with E-state index in [9.17, 15) is 9.59 Å². The minimum Gasteiger partial charge on any atom is -0.306 e. The van der Waals surface area contributed by atoms with Gasteiger partial charge in [0, 0.05) is 11.0 Å². The minimum absolute atomic E-state index is 0.245. The van der Waals surface area contributed by atoms with Crippen molar-refractivity contribution in [2.75, 3.05) is 0 Å². The van der Waals surface area contributed by atoms with Gasteiger partial charge in [-0.25, -0.2) is 4.79 Å². The van der Waals surface area contributed by atoms with Crippen LogP contribution in [0.3, 0.4) is 0 Å². The summed E-state index contributed by atoms with van der Waals surface area (Å²) in [6.45, 7) is 4.00. The predicted molar refractivity (Wildman–Crippen MR) is 66.9 cm³/mol. The SMILES string of the molecule is CCn1c(=O)[nH]c2c(C)cc(Br)cc2c1=O. The average Bonchev–Trinajstić information content (AvgIpc) is 2.21. The molecule has 0 unspecified atom stereocenters. The van der Waals surface area contributed by atoms with Crippen LogP contribution in [0.4, 0.5) is 0 Å². The summed E-state index contributed by atoms with van der Waals surface area (Å²) in [6.07, 6.45) is 0. The number of H-pyrrole nitrogens is 1. The van der Waals surface area contributed by atoms with Gasteiger partial charge in [0.1, 0.15) is 0 Å². The molecule has 0 spiro atoms. The van der Waals surface area contributed by atoms with E-state index in [1.165, 1.54) is 4.57 Å². The summed E-state index contributed by atoms with van der Waals surface area (Å²) in [5.41, 5.74) is 0.890. The maximum Gasteiger partial charge on any atom is 0.328 e. The normalized spacial score (nSPS) is 10.9. The maximum absolute atomic E-state index is 12.0. The molecule has 5 heteroatoms. The molecule has 4 nitrogen and oxygen atoms in total. The molecule has 0 amide bonds. The third-order valence-electron chi connectivity index (χ3n) is 2.57. The van der Waals surface area contributed by atoms with E-state index in [1.54, 1.807) is 13.0 Å². The first-order chi connectivity index (χ1) is 7.54. The third kappa shape index (κ3) is 1.61. The van der Waals surface area contributed by atoms with Crippen LogP contribution >= 0.6 is 15.9 Å². The van der Waals surface area contributed by atoms with E-state index in [4.69, 9.17) is 0 Å². The lowest BCUT2D eigenvalue weighted by Crippen LogP contribution is -2.34. The number of halogens is 1. The van der Waals surface area contributed by atoms with E-state index < -0.39 is 0 Å². The number of benzene rings is 1. The highest BCUT2D eigenvalue weighted by Gasteiger charge is 2.08. The molecule has 0 bridgehead atoms. The highest BCUT2D eigenvalue weighted by molar-refractivity contribution is 9.10. The van der Waals surface area contributed by atoms with Gasteiger partial charge in [0.2, 0.25) is 0 Å². The van der Waals surface area contributed by atoms with E-state index in [2.05, 4.69) is 20.9 Å². The van der Waals surface area contributed by atoms with Gasteiger partial charge in [0.25, 0.3) is 5.56 Å². The average molecular weight is 283 g/mol. The van der Waals surface area contributed by atoms with Crippen LogP contribution in [0.5, 0.6) is 0 Å². The van der Waals surface area contributed by atoms with Gasteiger partial charge in [-0.15, -0.1) is 0 Å². The summed E-state index contributed by atoms with van der Waals surface area (Å²) in [6, 6.07) is 3.60. The van der Waals surface area contributed by atoms with Gasteiger partial charge in [-0.2, -0.15) is 0 Å². The van der Waals surface area contributed by atoms with Crippen LogP contribution in [-0.4, -0.2) is 9.55 Å². The second-order valence-corrected chi connectivity index (χ2v) is 4.54. The van der Waals surface area contributed by atoms with Gasteiger partial charge in [0.15, 0.2) is 0 Å². The van der Waals surface area contributed by atoms with Crippen molar-refractivity contribution in [2.24, 2.45) is 0 Å². The van der Waals surface area contributed by atoms with Gasteiger partial charge in [-0.1, -0.05) is 15.9 Å². The molecule has 1 heterocycles. The molecule has 16 heavy (non-hydrogen) atoms. The zero-order valence-electron chi connectivity index (χ0n) is 9.00. The quantitative estimate of drug-likeness (QED) is 0.867. The van der Waals surface area contributed by atoms with Gasteiger partial charge < -0.3 is 4.98 Å². The number of aromatic amines is 1. The lowest BCUT2D eigenvalue weighted by Gasteiger charge is -2.06. The Hall–Kier alpha value is -1.36. The Balaban J connectivity index is 3.05. The maximum atomic E-state index is 12.0. The molecule has 0 aliphatic carbocycles. The van der Waals surface area contributed by atoms with Crippen molar-refractivity contribution in [3.8, 4) is 0 Å². The molecule has 2 rings (SSSR count). The van der Waals surface area contributed by atoms with Crippen molar-refractivity contribution in [3.63, 3.8) is 0 Å². The monoisotopic (exact) mass is 282 g/mol. The molecular formula is C11H11BrN2O2. The van der Waals surface area contributed by atoms with Crippen LogP contribution < -0.4 is 11.2 Å². The lowest BCUT2D eigenvalue weighted by molar-refractivity contribution is 0.684. The second kappa shape index (κ2) is 3.90. The molecule has 1 N–H and O–H groups in total. The van der Waals surface area contributed by atoms with Crippen LogP contribution in [0.1, 0.15) is 12.5 Å². The highest BCUT2D eigenvalue weighted by Crippen LogP contribution is 2.18. The van der Waals surface area contributed by atoms with Crippen molar-refractivity contribution in [2.45, 2.75) is 20.4 Å². The topological polar surface area (TPSA) is 54.9 Å². The van der Waals surface area contributed by atoms with Crippen molar-refractivity contribution in [1.29, 1.82) is 0 Å². The first-order valence-corrected chi connectivity index (χ1v) is 5.77. The summed E-state index contributed by atoms with van der Waals surface area (Å²) >= 11 is 3.34. The standard InChI is InChI=1S/C11H11BrN2O2/c1-3-14-10(15)8-5-7(12)4-6(2)9(8)13-11(14)16/h4-5H,3H2,1-2H3,(H,13,16). The Morgan fingerprint density at radius 1 is 1.38 bits per heavy atom. The van der Waals surface area contributed by atoms with E-state index in [0.29, 0.717) is 17.4 Å². The lowest BCUT2D eigenvalue weighted by atomic mass is 10.1. The fraction of sp³-hybridized carbons (Fsp3) is 0.273. The fourth-order valence-electron chi connectivity index (χ4n) is 1.78. The number of aryl methyl sites for hydroxylation is 1. The Bertz CT molecular complexity index is 670. The minimum atomic E-state index is -0.356. The molecule has 2 aromatic rings. The second-order valence-electron chi connectivity index (χ2n) is 3.62. The number of hydrogen-bond acceptors (Lipinski definition) is 2. The molecule has 0 saturated heterocycles. The van der Waals surface area contributed by atoms with E-state index in [0.717, 1.165) is 10.0 Å². The Morgan fingerprint density at radius 2 is 2.06 bits per heavy atom. The van der Waals surface area contributed by atoms with Crippen molar-refractivity contribution >= 4 is 26.8 Å². The zero-order chi connectivity index (χ0) is 11.9. The van der Waals surface area contributed by atoms with E-state index in [-0.39, 0.29) is 11.2 Å². The Labute approximate surface area is 100 Å². The highest BCUT2D eigenvalue weighted by atomic mass is 79.9. The first-order valence-electron chi connectivity index (χ1n) is 4.97. The number of rotatable bonds is 1. The van der Waals surface area contributed by atoms with Gasteiger partial charge in [-0.3, -0.25) is 9.36 Å². The summed E-state index contributed by atoms with van der Waals surface area (Å²) in [5.74, 6) is 0. The van der Waals surface area contributed by atoms with Gasteiger partial charge in [0.05, 0.1) is 10.9 Å². The van der Waals surface area contributed by atoms with Crippen LogP contribution in [0.2, 0.25) is 0 Å². The molecule has 0 saturated carbocycles. The van der Waals surface area contributed by atoms with Gasteiger partial charge in [-0.05, 0) is 31.5 Å². The molecule has 0 fully saturated rings. The van der Waals surface area contributed by atoms with Crippen molar-refractivity contribution in [1.82, 2.24) is 9.55 Å². The third-order valence-corrected chi connectivity index (χ3v) is 3.03. The molecule has 0 aliphatic heterocycles. The van der Waals surface area contributed by atoms with E-state index >= 15 is 0 Å². The number of hydrogen-bond donors (Lipinski definition) is 1. The molecule has 0 radical (unpaired) electrons. The fourth-order valence-corrected chi connectivity index (χ4v) is 2.35. The Morgan fingerprint density at radius 3 is 2.69 bits per heavy atom. The summed E-state index contributed by atoms with van der Waals surface area (Å²) in [7, 11) is 0. The van der Waals surface area contributed by atoms with Gasteiger partial charge >= 0.3 is 5.69 Å². The Kier molecular flexibility index (Phi) is 2.71. The molecule has 1 aromatic carbocycles. The molecular weight excluding hydrogens is 272 g/mol. The smallest absolute Gasteiger partial charge is 0.306 e. The van der Waals surface area contributed by atoms with Crippen LogP contribution in [0, 0.1) is 6.92 Å². The van der Waals surface area contributed by atoms with Crippen LogP contribution in [0.25, 0.3) is 10.9 Å².